The summed E-state index contributed by atoms with van der Waals surface area (Å²) in [5.74, 6) is 0.520. The molecule has 0 aromatic heterocycles. The van der Waals surface area contributed by atoms with Crippen molar-refractivity contribution in [2.75, 3.05) is 20.2 Å². The smallest absolute Gasteiger partial charge is 0.251 e. The lowest BCUT2D eigenvalue weighted by molar-refractivity contribution is -0.118. The zero-order valence-corrected chi connectivity index (χ0v) is 11.8. The van der Waals surface area contributed by atoms with E-state index in [1.807, 2.05) is 13.8 Å². The maximum absolute atomic E-state index is 12.0. The maximum Gasteiger partial charge on any atom is 0.251 e. The van der Waals surface area contributed by atoms with Crippen molar-refractivity contribution in [2.45, 2.75) is 20.8 Å². The molecule has 104 valence electrons. The van der Waals surface area contributed by atoms with Crippen LogP contribution in [0.3, 0.4) is 0 Å². The first kappa shape index (κ1) is 15.0. The number of carbonyl (C=O) groups excluding carboxylic acids is 2. The molecule has 5 heteroatoms. The predicted octanol–water partition coefficient (Wildman–Crippen LogP) is 1.18. The Morgan fingerprint density at radius 1 is 1.11 bits per heavy atom. The average molecular weight is 264 g/mol. The summed E-state index contributed by atoms with van der Waals surface area (Å²) in [7, 11) is 1.61. The molecule has 0 aliphatic heterocycles. The van der Waals surface area contributed by atoms with E-state index >= 15 is 0 Å². The molecule has 0 saturated carbocycles. The molecule has 19 heavy (non-hydrogen) atoms. The molecule has 0 bridgehead atoms. The summed E-state index contributed by atoms with van der Waals surface area (Å²) >= 11 is 0. The molecule has 1 rings (SSSR count). The molecule has 0 spiro atoms. The molecule has 5 nitrogen and oxygen atoms in total. The fourth-order valence-corrected chi connectivity index (χ4v) is 1.77. The number of benzene rings is 1. The first-order chi connectivity index (χ1) is 8.97. The number of rotatable bonds is 5. The van der Waals surface area contributed by atoms with Crippen molar-refractivity contribution in [2.24, 2.45) is 0 Å². The Balaban J connectivity index is 2.67. The summed E-state index contributed by atoms with van der Waals surface area (Å²) in [5.41, 5.74) is 2.48. The van der Waals surface area contributed by atoms with E-state index in [1.165, 1.54) is 6.92 Å². The Kier molecular flexibility index (Phi) is 5.36. The summed E-state index contributed by atoms with van der Waals surface area (Å²) in [6, 6.07) is 3.53. The van der Waals surface area contributed by atoms with Gasteiger partial charge in [-0.1, -0.05) is 0 Å². The number of hydrogen-bond acceptors (Lipinski definition) is 3. The highest BCUT2D eigenvalue weighted by Crippen LogP contribution is 2.23. The second-order valence-electron chi connectivity index (χ2n) is 4.30. The highest BCUT2D eigenvalue weighted by molar-refractivity contribution is 5.96. The molecular weight excluding hydrogens is 244 g/mol. The minimum atomic E-state index is -0.145. The minimum Gasteiger partial charge on any atom is -0.496 e. The van der Waals surface area contributed by atoms with Gasteiger partial charge in [0.15, 0.2) is 0 Å². The van der Waals surface area contributed by atoms with Gasteiger partial charge in [0, 0.05) is 25.6 Å². The Hall–Kier alpha value is -2.04. The molecule has 0 radical (unpaired) electrons. The summed E-state index contributed by atoms with van der Waals surface area (Å²) in [4.78, 5) is 22.7. The van der Waals surface area contributed by atoms with E-state index in [4.69, 9.17) is 4.74 Å². The first-order valence-corrected chi connectivity index (χ1v) is 6.14. The third-order valence-corrected chi connectivity index (χ3v) is 2.99. The van der Waals surface area contributed by atoms with Crippen LogP contribution >= 0.6 is 0 Å². The minimum absolute atomic E-state index is 0.106. The second kappa shape index (κ2) is 6.78. The molecule has 1 aromatic carbocycles. The molecular formula is C14H20N2O3. The van der Waals surface area contributed by atoms with Crippen LogP contribution in [0.1, 0.15) is 28.4 Å². The van der Waals surface area contributed by atoms with Gasteiger partial charge in [0.05, 0.1) is 7.11 Å². The van der Waals surface area contributed by atoms with Crippen LogP contribution in [0.15, 0.2) is 12.1 Å². The lowest BCUT2D eigenvalue weighted by Crippen LogP contribution is -2.34. The largest absolute Gasteiger partial charge is 0.496 e. The normalized spacial score (nSPS) is 9.89. The van der Waals surface area contributed by atoms with Gasteiger partial charge in [-0.3, -0.25) is 9.59 Å². The van der Waals surface area contributed by atoms with Crippen molar-refractivity contribution in [3.8, 4) is 5.75 Å². The quantitative estimate of drug-likeness (QED) is 0.785. The van der Waals surface area contributed by atoms with Gasteiger partial charge in [0.2, 0.25) is 5.91 Å². The van der Waals surface area contributed by atoms with Crippen LogP contribution in [0.4, 0.5) is 0 Å². The van der Waals surface area contributed by atoms with Crippen molar-refractivity contribution >= 4 is 11.8 Å². The monoisotopic (exact) mass is 264 g/mol. The Labute approximate surface area is 113 Å². The highest BCUT2D eigenvalue weighted by Gasteiger charge is 2.12. The van der Waals surface area contributed by atoms with Gasteiger partial charge < -0.3 is 15.4 Å². The van der Waals surface area contributed by atoms with Crippen molar-refractivity contribution < 1.29 is 14.3 Å². The molecule has 2 amide bonds. The van der Waals surface area contributed by atoms with Crippen LogP contribution in [-0.2, 0) is 4.79 Å². The van der Waals surface area contributed by atoms with E-state index in [-0.39, 0.29) is 11.8 Å². The molecule has 0 atom stereocenters. The lowest BCUT2D eigenvalue weighted by atomic mass is 10.0. The second-order valence-corrected chi connectivity index (χ2v) is 4.30. The van der Waals surface area contributed by atoms with Gasteiger partial charge in [-0.25, -0.2) is 0 Å². The van der Waals surface area contributed by atoms with Crippen molar-refractivity contribution in [3.05, 3.63) is 28.8 Å². The molecule has 0 saturated heterocycles. The summed E-state index contributed by atoms with van der Waals surface area (Å²) in [5, 5.41) is 5.39. The molecule has 0 unspecified atom stereocenters. The zero-order chi connectivity index (χ0) is 14.4. The molecule has 0 heterocycles. The van der Waals surface area contributed by atoms with Crippen molar-refractivity contribution in [1.29, 1.82) is 0 Å². The number of methoxy groups -OCH3 is 1. The van der Waals surface area contributed by atoms with Crippen LogP contribution in [0.25, 0.3) is 0 Å². The van der Waals surface area contributed by atoms with Crippen LogP contribution < -0.4 is 15.4 Å². The zero-order valence-electron chi connectivity index (χ0n) is 11.8. The lowest BCUT2D eigenvalue weighted by Gasteiger charge is -2.12. The number of hydrogen-bond donors (Lipinski definition) is 2. The standard InChI is InChI=1S/C14H20N2O3/c1-9-10(2)13(19-4)6-5-12(9)14(18)16-8-7-15-11(3)17/h5-6H,7-8H2,1-4H3,(H,15,17)(H,16,18). The fraction of sp³-hybridized carbons (Fsp3) is 0.429. The summed E-state index contributed by atoms with van der Waals surface area (Å²) < 4.78 is 5.21. The first-order valence-electron chi connectivity index (χ1n) is 6.14. The predicted molar refractivity (Wildman–Crippen MR) is 73.5 cm³/mol. The number of ether oxygens (including phenoxy) is 1. The van der Waals surface area contributed by atoms with Gasteiger partial charge >= 0.3 is 0 Å². The summed E-state index contributed by atoms with van der Waals surface area (Å²) in [6.07, 6.45) is 0. The van der Waals surface area contributed by atoms with E-state index in [2.05, 4.69) is 10.6 Å². The van der Waals surface area contributed by atoms with Crippen LogP contribution in [-0.4, -0.2) is 32.0 Å². The molecule has 1 aromatic rings. The van der Waals surface area contributed by atoms with Crippen LogP contribution in [0, 0.1) is 13.8 Å². The molecule has 0 aliphatic carbocycles. The highest BCUT2D eigenvalue weighted by atomic mass is 16.5. The maximum atomic E-state index is 12.0. The van der Waals surface area contributed by atoms with Gasteiger partial charge in [0.25, 0.3) is 5.91 Å². The van der Waals surface area contributed by atoms with Crippen LogP contribution in [0.5, 0.6) is 5.75 Å². The van der Waals surface area contributed by atoms with E-state index in [9.17, 15) is 9.59 Å². The topological polar surface area (TPSA) is 67.4 Å². The third kappa shape index (κ3) is 3.98. The number of amides is 2. The van der Waals surface area contributed by atoms with E-state index < -0.39 is 0 Å². The third-order valence-electron chi connectivity index (χ3n) is 2.99. The van der Waals surface area contributed by atoms with Gasteiger partial charge in [0.1, 0.15) is 5.75 Å². The fourth-order valence-electron chi connectivity index (χ4n) is 1.77. The van der Waals surface area contributed by atoms with E-state index in [0.29, 0.717) is 18.7 Å². The molecule has 0 aliphatic rings. The Bertz CT molecular complexity index is 484. The van der Waals surface area contributed by atoms with E-state index in [1.54, 1.807) is 19.2 Å². The Morgan fingerprint density at radius 2 is 1.74 bits per heavy atom. The molecule has 2 N–H and O–H groups in total. The van der Waals surface area contributed by atoms with E-state index in [0.717, 1.165) is 16.9 Å². The molecule has 0 fully saturated rings. The van der Waals surface area contributed by atoms with Crippen molar-refractivity contribution in [1.82, 2.24) is 10.6 Å². The Morgan fingerprint density at radius 3 is 2.32 bits per heavy atom. The summed E-state index contributed by atoms with van der Waals surface area (Å²) in [6.45, 7) is 6.08. The van der Waals surface area contributed by atoms with Gasteiger partial charge in [-0.2, -0.15) is 0 Å². The number of nitrogens with one attached hydrogen (secondary N) is 2. The average Bonchev–Trinajstić information content (AvgIpc) is 2.37. The van der Waals surface area contributed by atoms with Crippen molar-refractivity contribution in [3.63, 3.8) is 0 Å². The van der Waals surface area contributed by atoms with Gasteiger partial charge in [-0.05, 0) is 37.1 Å². The van der Waals surface area contributed by atoms with Gasteiger partial charge in [-0.15, -0.1) is 0 Å². The van der Waals surface area contributed by atoms with Crippen LogP contribution in [0.2, 0.25) is 0 Å². The number of carbonyl (C=O) groups is 2. The SMILES string of the molecule is COc1ccc(C(=O)NCCNC(C)=O)c(C)c1C.